The number of likely N-dealkylation sites (N-methyl/N-ethyl adjacent to an activating group) is 1. The highest BCUT2D eigenvalue weighted by Crippen LogP contribution is 2.22. The van der Waals surface area contributed by atoms with Crippen molar-refractivity contribution < 1.29 is 23.1 Å². The third kappa shape index (κ3) is 4.46. The van der Waals surface area contributed by atoms with Crippen molar-refractivity contribution in [2.45, 2.75) is 31.8 Å². The van der Waals surface area contributed by atoms with Crippen LogP contribution in [-0.4, -0.2) is 67.0 Å². The third-order valence-electron chi connectivity index (χ3n) is 3.36. The first-order chi connectivity index (χ1) is 8.55. The Hall–Kier alpha value is -1.15. The lowest BCUT2D eigenvalue weighted by Crippen LogP contribution is -2.51. The van der Waals surface area contributed by atoms with Crippen LogP contribution in [0.5, 0.6) is 0 Å². The van der Waals surface area contributed by atoms with E-state index in [1.165, 1.54) is 18.9 Å². The number of carbonyl (C=O) groups excluding carboxylic acids is 1. The molecule has 0 spiro atoms. The molecule has 1 aliphatic rings. The first-order valence-corrected chi connectivity index (χ1v) is 7.81. The maximum Gasteiger partial charge on any atom is 0.320 e. The topological polar surface area (TPSA) is 104 Å². The second-order valence-corrected chi connectivity index (χ2v) is 7.56. The Morgan fingerprint density at radius 2 is 2.05 bits per heavy atom. The molecule has 0 radical (unpaired) electrons. The van der Waals surface area contributed by atoms with Gasteiger partial charge in [0.1, 0.15) is 6.04 Å². The van der Waals surface area contributed by atoms with Gasteiger partial charge in [0.15, 0.2) is 9.84 Å². The predicted molar refractivity (Wildman–Crippen MR) is 69.5 cm³/mol. The lowest BCUT2D eigenvalue weighted by Gasteiger charge is -2.26. The van der Waals surface area contributed by atoms with E-state index in [1.54, 1.807) is 6.92 Å². The summed E-state index contributed by atoms with van der Waals surface area (Å²) in [4.78, 5) is 24.0. The Balaban J connectivity index is 2.55. The molecule has 0 saturated carbocycles. The molecule has 0 aromatic rings. The molecule has 1 rings (SSSR count). The van der Waals surface area contributed by atoms with E-state index >= 15 is 0 Å². The molecular weight excluding hydrogens is 272 g/mol. The van der Waals surface area contributed by atoms with Crippen LogP contribution in [0.25, 0.3) is 0 Å². The molecule has 1 aliphatic heterocycles. The fourth-order valence-electron chi connectivity index (χ4n) is 2.04. The summed E-state index contributed by atoms with van der Waals surface area (Å²) in [5.41, 5.74) is -0.747. The van der Waals surface area contributed by atoms with Gasteiger partial charge in [-0.05, 0) is 27.3 Å². The molecule has 19 heavy (non-hydrogen) atoms. The minimum absolute atomic E-state index is 0.0655. The van der Waals surface area contributed by atoms with Gasteiger partial charge < -0.3 is 10.4 Å². The van der Waals surface area contributed by atoms with Crippen LogP contribution in [0, 0.1) is 0 Å². The van der Waals surface area contributed by atoms with Gasteiger partial charge in [-0.1, -0.05) is 0 Å². The summed E-state index contributed by atoms with van der Waals surface area (Å²) in [6, 6.07) is -0.772. The van der Waals surface area contributed by atoms with Crippen LogP contribution >= 0.6 is 0 Å². The molecule has 8 heteroatoms. The lowest BCUT2D eigenvalue weighted by molar-refractivity contribution is -0.142. The van der Waals surface area contributed by atoms with Crippen molar-refractivity contribution in [3.05, 3.63) is 0 Å². The van der Waals surface area contributed by atoms with Crippen LogP contribution in [0.2, 0.25) is 0 Å². The van der Waals surface area contributed by atoms with E-state index in [0.717, 1.165) is 0 Å². The minimum atomic E-state index is -3.08. The summed E-state index contributed by atoms with van der Waals surface area (Å²) >= 11 is 0. The molecule has 1 saturated heterocycles. The number of carboxylic acid groups (broad SMARTS) is 1. The van der Waals surface area contributed by atoms with Crippen molar-refractivity contribution >= 4 is 21.7 Å². The van der Waals surface area contributed by atoms with Gasteiger partial charge in [-0.2, -0.15) is 0 Å². The van der Waals surface area contributed by atoms with Gasteiger partial charge >= 0.3 is 5.97 Å². The number of nitrogens with one attached hydrogen (secondary N) is 1. The summed E-state index contributed by atoms with van der Waals surface area (Å²) in [6.07, 6.45) is 0.388. The van der Waals surface area contributed by atoms with E-state index in [9.17, 15) is 18.0 Å². The highest BCUT2D eigenvalue weighted by Gasteiger charge is 2.39. The van der Waals surface area contributed by atoms with E-state index in [0.29, 0.717) is 6.42 Å². The highest BCUT2D eigenvalue weighted by molar-refractivity contribution is 7.91. The van der Waals surface area contributed by atoms with Crippen LogP contribution in [0.3, 0.4) is 0 Å². The fraction of sp³-hybridized carbons (Fsp3) is 0.818. The number of hydrogen-bond acceptors (Lipinski definition) is 5. The number of carboxylic acids is 1. The van der Waals surface area contributed by atoms with Crippen LogP contribution in [-0.2, 0) is 19.4 Å². The van der Waals surface area contributed by atoms with Gasteiger partial charge in [-0.3, -0.25) is 14.5 Å². The Bertz CT molecular complexity index is 475. The van der Waals surface area contributed by atoms with E-state index in [1.807, 2.05) is 0 Å². The van der Waals surface area contributed by atoms with Gasteiger partial charge in [0.2, 0.25) is 5.91 Å². The van der Waals surface area contributed by atoms with Crippen molar-refractivity contribution in [3.63, 3.8) is 0 Å². The summed E-state index contributed by atoms with van der Waals surface area (Å²) in [5.74, 6) is -1.37. The summed E-state index contributed by atoms with van der Waals surface area (Å²) < 4.78 is 22.8. The number of nitrogens with zero attached hydrogens (tertiary/aromatic N) is 1. The molecule has 0 aromatic heterocycles. The van der Waals surface area contributed by atoms with Crippen molar-refractivity contribution in [2.24, 2.45) is 0 Å². The lowest BCUT2D eigenvalue weighted by atomic mass is 10.0. The Labute approximate surface area is 112 Å². The van der Waals surface area contributed by atoms with Crippen molar-refractivity contribution in [3.8, 4) is 0 Å². The molecule has 2 atom stereocenters. The Morgan fingerprint density at radius 1 is 1.47 bits per heavy atom. The zero-order chi connectivity index (χ0) is 14.8. The average molecular weight is 292 g/mol. The van der Waals surface area contributed by atoms with Crippen LogP contribution in [0.15, 0.2) is 0 Å². The molecule has 2 unspecified atom stereocenters. The van der Waals surface area contributed by atoms with Gasteiger partial charge in [0.25, 0.3) is 0 Å². The SMILES string of the molecule is CC(C(=O)O)N(C)CC(=O)NC1(C)CCS(=O)(=O)C1. The zero-order valence-electron chi connectivity index (χ0n) is 11.3. The molecule has 0 aromatic carbocycles. The van der Waals surface area contributed by atoms with Gasteiger partial charge in [-0.15, -0.1) is 0 Å². The van der Waals surface area contributed by atoms with Crippen molar-refractivity contribution in [1.82, 2.24) is 10.2 Å². The van der Waals surface area contributed by atoms with Crippen molar-refractivity contribution in [2.75, 3.05) is 25.1 Å². The average Bonchev–Trinajstić information content (AvgIpc) is 2.50. The largest absolute Gasteiger partial charge is 0.480 e. The first kappa shape index (κ1) is 15.9. The maximum absolute atomic E-state index is 11.8. The van der Waals surface area contributed by atoms with Gasteiger partial charge in [0, 0.05) is 0 Å². The number of hydrogen-bond donors (Lipinski definition) is 2. The van der Waals surface area contributed by atoms with Crippen molar-refractivity contribution in [1.29, 1.82) is 0 Å². The summed E-state index contributed by atoms with van der Waals surface area (Å²) in [7, 11) is -1.55. The second kappa shape index (κ2) is 5.46. The van der Waals surface area contributed by atoms with Crippen LogP contribution in [0.4, 0.5) is 0 Å². The molecule has 0 aliphatic carbocycles. The normalized spacial score (nSPS) is 27.2. The molecule has 1 heterocycles. The molecule has 7 nitrogen and oxygen atoms in total. The van der Waals surface area contributed by atoms with E-state index in [4.69, 9.17) is 5.11 Å². The van der Waals surface area contributed by atoms with Gasteiger partial charge in [0.05, 0.1) is 23.6 Å². The quantitative estimate of drug-likeness (QED) is 0.679. The zero-order valence-corrected chi connectivity index (χ0v) is 12.2. The van der Waals surface area contributed by atoms with Crippen LogP contribution in [0.1, 0.15) is 20.3 Å². The smallest absolute Gasteiger partial charge is 0.320 e. The third-order valence-corrected chi connectivity index (χ3v) is 5.26. The Kier molecular flexibility index (Phi) is 4.57. The highest BCUT2D eigenvalue weighted by atomic mass is 32.2. The number of rotatable bonds is 5. The maximum atomic E-state index is 11.8. The summed E-state index contributed by atoms with van der Waals surface area (Å²) in [6.45, 7) is 3.09. The van der Waals surface area contributed by atoms with E-state index in [2.05, 4.69) is 5.32 Å². The first-order valence-electron chi connectivity index (χ1n) is 5.99. The molecule has 2 N–H and O–H groups in total. The molecule has 1 fully saturated rings. The fourth-order valence-corrected chi connectivity index (χ4v) is 4.13. The standard InChI is InChI=1S/C11H20N2O5S/c1-8(10(15)16)13(3)6-9(14)12-11(2)4-5-19(17,18)7-11/h8H,4-7H2,1-3H3,(H,12,14)(H,15,16). The molecule has 0 bridgehead atoms. The van der Waals surface area contributed by atoms with Crippen LogP contribution < -0.4 is 5.32 Å². The number of carbonyl (C=O) groups is 2. The predicted octanol–water partition coefficient (Wildman–Crippen LogP) is -0.915. The van der Waals surface area contributed by atoms with E-state index in [-0.39, 0.29) is 24.0 Å². The number of amides is 1. The Morgan fingerprint density at radius 3 is 2.47 bits per heavy atom. The number of sulfone groups is 1. The minimum Gasteiger partial charge on any atom is -0.480 e. The molecule has 1 amide bonds. The molecular formula is C11H20N2O5S. The van der Waals surface area contributed by atoms with E-state index < -0.39 is 27.4 Å². The second-order valence-electron chi connectivity index (χ2n) is 5.38. The molecule has 110 valence electrons. The van der Waals surface area contributed by atoms with Gasteiger partial charge in [-0.25, -0.2) is 8.42 Å². The summed E-state index contributed by atoms with van der Waals surface area (Å²) in [5, 5.41) is 11.5. The monoisotopic (exact) mass is 292 g/mol. The number of aliphatic carboxylic acids is 1.